The molecule has 1 atom stereocenters. The molecule has 1 amide bonds. The van der Waals surface area contributed by atoms with Crippen molar-refractivity contribution in [2.24, 2.45) is 0 Å². The summed E-state index contributed by atoms with van der Waals surface area (Å²) in [7, 11) is 0. The maximum atomic E-state index is 11.8. The van der Waals surface area contributed by atoms with Crippen molar-refractivity contribution in [2.45, 2.75) is 12.5 Å². The molecule has 0 aliphatic rings. The van der Waals surface area contributed by atoms with Gasteiger partial charge in [-0.3, -0.25) is 4.79 Å². The lowest BCUT2D eigenvalue weighted by atomic mass is 10.1. The van der Waals surface area contributed by atoms with E-state index in [9.17, 15) is 9.90 Å². The predicted molar refractivity (Wildman–Crippen MR) is 95.7 cm³/mol. The number of aliphatic hydroxyl groups is 1. The summed E-state index contributed by atoms with van der Waals surface area (Å²) in [4.78, 5) is 11.8. The van der Waals surface area contributed by atoms with Gasteiger partial charge in [0.15, 0.2) is 6.61 Å². The predicted octanol–water partition coefficient (Wildman–Crippen LogP) is 3.48. The molecule has 0 aliphatic carbocycles. The maximum Gasteiger partial charge on any atom is 0.257 e. The van der Waals surface area contributed by atoms with Gasteiger partial charge in [-0.2, -0.15) is 5.26 Å². The quantitative estimate of drug-likeness (QED) is 0.772. The molecule has 0 saturated carbocycles. The van der Waals surface area contributed by atoms with Gasteiger partial charge in [-0.05, 0) is 42.3 Å². The molecular formula is C18H16Cl2N2O3. The van der Waals surface area contributed by atoms with Gasteiger partial charge in [-0.25, -0.2) is 0 Å². The van der Waals surface area contributed by atoms with Gasteiger partial charge < -0.3 is 15.2 Å². The van der Waals surface area contributed by atoms with E-state index in [2.05, 4.69) is 5.32 Å². The van der Waals surface area contributed by atoms with Crippen LogP contribution in [0.2, 0.25) is 10.0 Å². The van der Waals surface area contributed by atoms with E-state index >= 15 is 0 Å². The van der Waals surface area contributed by atoms with Crippen LogP contribution in [0.4, 0.5) is 0 Å². The minimum Gasteiger partial charge on any atom is -0.484 e. The van der Waals surface area contributed by atoms with Crippen molar-refractivity contribution in [3.8, 4) is 11.8 Å². The number of rotatable bonds is 7. The highest BCUT2D eigenvalue weighted by Crippen LogP contribution is 2.26. The molecule has 0 saturated heterocycles. The molecule has 130 valence electrons. The average molecular weight is 379 g/mol. The average Bonchev–Trinajstić information content (AvgIpc) is 2.62. The third-order valence-corrected chi connectivity index (χ3v) is 4.14. The zero-order chi connectivity index (χ0) is 18.2. The topological polar surface area (TPSA) is 82.3 Å². The van der Waals surface area contributed by atoms with Crippen molar-refractivity contribution in [1.82, 2.24) is 5.32 Å². The van der Waals surface area contributed by atoms with E-state index in [1.54, 1.807) is 42.5 Å². The standard InChI is InChI=1S/C18H16Cl2N2O3/c19-15-5-4-13(9-16(15)20)17(23)6-7-22-18(24)11-25-14-3-1-2-12(8-14)10-21/h1-5,8-9,17,23H,6-7,11H2,(H,22,24). The first-order chi connectivity index (χ1) is 12.0. The zero-order valence-corrected chi connectivity index (χ0v) is 14.7. The van der Waals surface area contributed by atoms with Crippen LogP contribution in [0.1, 0.15) is 23.7 Å². The van der Waals surface area contributed by atoms with Crippen LogP contribution < -0.4 is 10.1 Å². The van der Waals surface area contributed by atoms with E-state index < -0.39 is 6.10 Å². The number of hydrogen-bond donors (Lipinski definition) is 2. The maximum absolute atomic E-state index is 11.8. The van der Waals surface area contributed by atoms with Gasteiger partial charge >= 0.3 is 0 Å². The van der Waals surface area contributed by atoms with Crippen LogP contribution in [0, 0.1) is 11.3 Å². The number of nitrogens with one attached hydrogen (secondary N) is 1. The normalized spacial score (nSPS) is 11.4. The SMILES string of the molecule is N#Cc1cccc(OCC(=O)NCCC(O)c2ccc(Cl)c(Cl)c2)c1. The number of nitriles is 1. The molecule has 0 heterocycles. The lowest BCUT2D eigenvalue weighted by Gasteiger charge is -2.13. The van der Waals surface area contributed by atoms with Gasteiger partial charge in [0.1, 0.15) is 5.75 Å². The summed E-state index contributed by atoms with van der Waals surface area (Å²) in [6.45, 7) is 0.111. The number of carbonyl (C=O) groups excluding carboxylic acids is 1. The summed E-state index contributed by atoms with van der Waals surface area (Å²) in [6, 6.07) is 13.5. The van der Waals surface area contributed by atoms with Crippen molar-refractivity contribution in [2.75, 3.05) is 13.2 Å². The largest absolute Gasteiger partial charge is 0.484 e. The molecule has 25 heavy (non-hydrogen) atoms. The number of nitrogens with zero attached hydrogens (tertiary/aromatic N) is 1. The molecule has 7 heteroatoms. The number of hydrogen-bond acceptors (Lipinski definition) is 4. The Labute approximate surface area is 155 Å². The summed E-state index contributed by atoms with van der Waals surface area (Å²) in [6.07, 6.45) is -0.434. The van der Waals surface area contributed by atoms with Crippen molar-refractivity contribution < 1.29 is 14.6 Å². The highest BCUT2D eigenvalue weighted by atomic mass is 35.5. The van der Waals surface area contributed by atoms with E-state index in [0.29, 0.717) is 33.3 Å². The number of benzene rings is 2. The third-order valence-electron chi connectivity index (χ3n) is 3.40. The van der Waals surface area contributed by atoms with E-state index in [0.717, 1.165) is 0 Å². The number of aliphatic hydroxyl groups excluding tert-OH is 1. The van der Waals surface area contributed by atoms with Gasteiger partial charge in [-0.1, -0.05) is 35.3 Å². The van der Waals surface area contributed by atoms with Crippen LogP contribution >= 0.6 is 23.2 Å². The van der Waals surface area contributed by atoms with Crippen LogP contribution in [0.15, 0.2) is 42.5 Å². The van der Waals surface area contributed by atoms with E-state index in [1.807, 2.05) is 6.07 Å². The van der Waals surface area contributed by atoms with Gasteiger partial charge in [0.2, 0.25) is 0 Å². The lowest BCUT2D eigenvalue weighted by molar-refractivity contribution is -0.123. The Hall–Kier alpha value is -2.26. The van der Waals surface area contributed by atoms with Crippen molar-refractivity contribution in [3.63, 3.8) is 0 Å². The number of ether oxygens (including phenoxy) is 1. The molecule has 1 unspecified atom stereocenters. The lowest BCUT2D eigenvalue weighted by Crippen LogP contribution is -2.30. The minimum atomic E-state index is -0.761. The molecule has 0 aromatic heterocycles. The van der Waals surface area contributed by atoms with Crippen LogP contribution in [0.25, 0.3) is 0 Å². The number of amides is 1. The summed E-state index contributed by atoms with van der Waals surface area (Å²) >= 11 is 11.7. The first-order valence-corrected chi connectivity index (χ1v) is 8.28. The molecule has 2 aromatic rings. The van der Waals surface area contributed by atoms with Crippen LogP contribution in [-0.4, -0.2) is 24.2 Å². The Balaban J connectivity index is 1.74. The second kappa shape index (κ2) is 9.28. The molecule has 0 spiro atoms. The highest BCUT2D eigenvalue weighted by molar-refractivity contribution is 6.42. The molecule has 2 aromatic carbocycles. The minimum absolute atomic E-state index is 0.169. The molecular weight excluding hydrogens is 363 g/mol. The Morgan fingerprint density at radius 1 is 1.24 bits per heavy atom. The molecule has 2 rings (SSSR count). The van der Waals surface area contributed by atoms with Gasteiger partial charge in [0, 0.05) is 6.54 Å². The first-order valence-electron chi connectivity index (χ1n) is 7.52. The van der Waals surface area contributed by atoms with Crippen LogP contribution in [0.5, 0.6) is 5.75 Å². The Bertz CT molecular complexity index is 790. The molecule has 0 aliphatic heterocycles. The fourth-order valence-corrected chi connectivity index (χ4v) is 2.40. The van der Waals surface area contributed by atoms with Crippen molar-refractivity contribution >= 4 is 29.1 Å². The Morgan fingerprint density at radius 3 is 2.76 bits per heavy atom. The van der Waals surface area contributed by atoms with E-state index in [4.69, 9.17) is 33.2 Å². The summed E-state index contributed by atoms with van der Waals surface area (Å²) in [5.74, 6) is 0.133. The highest BCUT2D eigenvalue weighted by Gasteiger charge is 2.10. The summed E-state index contributed by atoms with van der Waals surface area (Å²) in [5, 5.41) is 22.4. The Morgan fingerprint density at radius 2 is 2.04 bits per heavy atom. The monoisotopic (exact) mass is 378 g/mol. The fourth-order valence-electron chi connectivity index (χ4n) is 2.09. The number of carbonyl (C=O) groups is 1. The number of halogens is 2. The molecule has 0 bridgehead atoms. The molecule has 0 radical (unpaired) electrons. The van der Waals surface area contributed by atoms with Gasteiger partial charge in [0.25, 0.3) is 5.91 Å². The van der Waals surface area contributed by atoms with Gasteiger partial charge in [-0.15, -0.1) is 0 Å². The van der Waals surface area contributed by atoms with E-state index in [-0.39, 0.29) is 19.1 Å². The molecule has 0 fully saturated rings. The summed E-state index contributed by atoms with van der Waals surface area (Å²) in [5.41, 5.74) is 1.09. The van der Waals surface area contributed by atoms with Gasteiger partial charge in [0.05, 0.1) is 27.8 Å². The molecule has 2 N–H and O–H groups in total. The second-order valence-corrected chi connectivity index (χ2v) is 6.07. The molecule has 5 nitrogen and oxygen atoms in total. The van der Waals surface area contributed by atoms with E-state index in [1.165, 1.54) is 0 Å². The fraction of sp³-hybridized carbons (Fsp3) is 0.222. The first kappa shape index (κ1) is 19.1. The second-order valence-electron chi connectivity index (χ2n) is 5.26. The van der Waals surface area contributed by atoms with Crippen LogP contribution in [-0.2, 0) is 4.79 Å². The smallest absolute Gasteiger partial charge is 0.257 e. The van der Waals surface area contributed by atoms with Crippen molar-refractivity contribution in [1.29, 1.82) is 5.26 Å². The third kappa shape index (κ3) is 5.95. The Kier molecular flexibility index (Phi) is 7.08. The summed E-state index contributed by atoms with van der Waals surface area (Å²) < 4.78 is 5.32. The zero-order valence-electron chi connectivity index (χ0n) is 13.2. The van der Waals surface area contributed by atoms with Crippen molar-refractivity contribution in [3.05, 3.63) is 63.6 Å². The van der Waals surface area contributed by atoms with Crippen LogP contribution in [0.3, 0.4) is 0 Å².